The summed E-state index contributed by atoms with van der Waals surface area (Å²) in [5.74, 6) is 1.50. The van der Waals surface area contributed by atoms with Gasteiger partial charge in [0.1, 0.15) is 11.6 Å². The lowest BCUT2D eigenvalue weighted by atomic mass is 9.99. The van der Waals surface area contributed by atoms with E-state index in [9.17, 15) is 4.79 Å². The Balaban J connectivity index is 1.87. The zero-order valence-corrected chi connectivity index (χ0v) is 15.2. The zero-order valence-electron chi connectivity index (χ0n) is 13.6. The van der Waals surface area contributed by atoms with E-state index >= 15 is 0 Å². The number of benzene rings is 1. The number of rotatable bonds is 6. The Morgan fingerprint density at radius 2 is 1.96 bits per heavy atom. The highest BCUT2D eigenvalue weighted by molar-refractivity contribution is 9.10. The van der Waals surface area contributed by atoms with Crippen LogP contribution in [0.1, 0.15) is 37.4 Å². The Bertz CT molecular complexity index is 671. The number of ether oxygens (including phenoxy) is 1. The van der Waals surface area contributed by atoms with Crippen molar-refractivity contribution in [2.45, 2.75) is 33.1 Å². The molecule has 1 amide bonds. The van der Waals surface area contributed by atoms with Gasteiger partial charge in [0.05, 0.1) is 5.69 Å². The maximum Gasteiger partial charge on any atom is 0.263 e. The molecule has 0 fully saturated rings. The predicted molar refractivity (Wildman–Crippen MR) is 95.9 cm³/mol. The summed E-state index contributed by atoms with van der Waals surface area (Å²) in [7, 11) is 0. The average Bonchev–Trinajstić information content (AvgIpc) is 2.56. The van der Waals surface area contributed by atoms with Crippen LogP contribution in [0.5, 0.6) is 5.75 Å². The van der Waals surface area contributed by atoms with Crippen molar-refractivity contribution in [3.8, 4) is 5.75 Å². The van der Waals surface area contributed by atoms with Crippen molar-refractivity contribution in [1.29, 1.82) is 0 Å². The summed E-state index contributed by atoms with van der Waals surface area (Å²) in [5.41, 5.74) is 2.10. The van der Waals surface area contributed by atoms with E-state index in [1.54, 1.807) is 6.07 Å². The van der Waals surface area contributed by atoms with E-state index in [1.165, 1.54) is 5.56 Å². The van der Waals surface area contributed by atoms with Crippen LogP contribution in [0, 0.1) is 6.92 Å². The fourth-order valence-electron chi connectivity index (χ4n) is 2.07. The molecule has 1 aromatic heterocycles. The minimum absolute atomic E-state index is 0.0422. The van der Waals surface area contributed by atoms with Crippen LogP contribution in [0.3, 0.4) is 0 Å². The van der Waals surface area contributed by atoms with Gasteiger partial charge < -0.3 is 10.1 Å². The van der Waals surface area contributed by atoms with Gasteiger partial charge in [-0.3, -0.25) is 4.79 Å². The van der Waals surface area contributed by atoms with E-state index in [1.807, 2.05) is 37.3 Å². The fraction of sp³-hybridized carbons (Fsp3) is 0.333. The van der Waals surface area contributed by atoms with Gasteiger partial charge in [-0.25, -0.2) is 4.98 Å². The van der Waals surface area contributed by atoms with E-state index < -0.39 is 0 Å². The molecule has 0 radical (unpaired) electrons. The van der Waals surface area contributed by atoms with Gasteiger partial charge in [0, 0.05) is 4.47 Å². The van der Waals surface area contributed by atoms with Crippen molar-refractivity contribution in [3.63, 3.8) is 0 Å². The summed E-state index contributed by atoms with van der Waals surface area (Å²) in [5, 5.41) is 2.72. The predicted octanol–water partition coefficient (Wildman–Crippen LogP) is 4.68. The Morgan fingerprint density at radius 1 is 1.26 bits per heavy atom. The molecule has 4 nitrogen and oxygen atoms in total. The van der Waals surface area contributed by atoms with Crippen molar-refractivity contribution >= 4 is 27.7 Å². The molecule has 1 atom stereocenters. The number of amides is 1. The minimum atomic E-state index is -0.231. The molecule has 1 unspecified atom stereocenters. The van der Waals surface area contributed by atoms with Gasteiger partial charge in [-0.15, -0.1) is 0 Å². The second-order valence-corrected chi connectivity index (χ2v) is 6.33. The summed E-state index contributed by atoms with van der Waals surface area (Å²) >= 11 is 3.38. The first-order valence-corrected chi connectivity index (χ1v) is 8.44. The monoisotopic (exact) mass is 376 g/mol. The Labute approximate surface area is 145 Å². The number of hydrogen-bond donors (Lipinski definition) is 1. The van der Waals surface area contributed by atoms with E-state index in [-0.39, 0.29) is 12.5 Å². The molecule has 23 heavy (non-hydrogen) atoms. The molecule has 122 valence electrons. The maximum absolute atomic E-state index is 11.9. The highest BCUT2D eigenvalue weighted by atomic mass is 79.9. The van der Waals surface area contributed by atoms with Crippen LogP contribution in [0.25, 0.3) is 0 Å². The second-order valence-electron chi connectivity index (χ2n) is 5.48. The lowest BCUT2D eigenvalue weighted by Gasteiger charge is -2.11. The summed E-state index contributed by atoms with van der Waals surface area (Å²) in [6.07, 6.45) is 1.10. The summed E-state index contributed by atoms with van der Waals surface area (Å²) in [6, 6.07) is 11.5. The van der Waals surface area contributed by atoms with E-state index in [4.69, 9.17) is 4.74 Å². The number of anilines is 1. The largest absolute Gasteiger partial charge is 0.484 e. The van der Waals surface area contributed by atoms with Crippen molar-refractivity contribution in [2.75, 3.05) is 11.9 Å². The highest BCUT2D eigenvalue weighted by Gasteiger charge is 2.07. The third kappa shape index (κ3) is 5.06. The summed E-state index contributed by atoms with van der Waals surface area (Å²) in [4.78, 5) is 16.2. The molecule has 0 aliphatic rings. The lowest BCUT2D eigenvalue weighted by Crippen LogP contribution is -2.20. The van der Waals surface area contributed by atoms with Gasteiger partial charge in [-0.1, -0.05) is 26.0 Å². The van der Waals surface area contributed by atoms with Gasteiger partial charge >= 0.3 is 0 Å². The maximum atomic E-state index is 11.9. The van der Waals surface area contributed by atoms with Crippen LogP contribution >= 0.6 is 15.9 Å². The van der Waals surface area contributed by atoms with Gasteiger partial charge in [-0.05, 0) is 65.0 Å². The Morgan fingerprint density at radius 3 is 2.57 bits per heavy atom. The van der Waals surface area contributed by atoms with Gasteiger partial charge in [-0.2, -0.15) is 0 Å². The topological polar surface area (TPSA) is 51.2 Å². The van der Waals surface area contributed by atoms with E-state index in [0.29, 0.717) is 17.5 Å². The number of halogens is 1. The average molecular weight is 377 g/mol. The van der Waals surface area contributed by atoms with E-state index in [0.717, 1.165) is 16.6 Å². The summed E-state index contributed by atoms with van der Waals surface area (Å²) < 4.78 is 6.42. The molecule has 2 aromatic rings. The third-order valence-corrected chi connectivity index (χ3v) is 4.56. The van der Waals surface area contributed by atoms with Crippen molar-refractivity contribution in [2.24, 2.45) is 0 Å². The number of pyridine rings is 1. The second kappa shape index (κ2) is 8.11. The molecule has 0 bridgehead atoms. The van der Waals surface area contributed by atoms with Crippen LogP contribution < -0.4 is 10.1 Å². The molecule has 1 heterocycles. The van der Waals surface area contributed by atoms with E-state index in [2.05, 4.69) is 40.1 Å². The number of aromatic nitrogens is 1. The third-order valence-electron chi connectivity index (χ3n) is 3.72. The first-order valence-electron chi connectivity index (χ1n) is 7.65. The molecule has 0 aliphatic carbocycles. The van der Waals surface area contributed by atoms with Crippen LogP contribution in [0.4, 0.5) is 5.82 Å². The smallest absolute Gasteiger partial charge is 0.263 e. The van der Waals surface area contributed by atoms with Crippen molar-refractivity contribution < 1.29 is 9.53 Å². The molecule has 5 heteroatoms. The van der Waals surface area contributed by atoms with Gasteiger partial charge in [0.2, 0.25) is 0 Å². The fourth-order valence-corrected chi connectivity index (χ4v) is 2.29. The Hall–Kier alpha value is -1.88. The minimum Gasteiger partial charge on any atom is -0.484 e. The molecule has 2 rings (SSSR count). The number of hydrogen-bond acceptors (Lipinski definition) is 3. The zero-order chi connectivity index (χ0) is 16.8. The molecule has 1 aromatic carbocycles. The molecule has 0 spiro atoms. The SMILES string of the molecule is CCC(C)c1ccc(OCC(=O)Nc2ccc(Br)c(C)n2)cc1. The molecular formula is C18H21BrN2O2. The molecule has 0 aliphatic heterocycles. The number of aryl methyl sites for hydroxylation is 1. The van der Waals surface area contributed by atoms with Crippen molar-refractivity contribution in [1.82, 2.24) is 4.98 Å². The number of nitrogens with one attached hydrogen (secondary N) is 1. The molecule has 1 N–H and O–H groups in total. The standard InChI is InChI=1S/C18H21BrN2O2/c1-4-12(2)14-5-7-15(8-6-14)23-11-18(22)21-17-10-9-16(19)13(3)20-17/h5-10,12H,4,11H2,1-3H3,(H,20,21,22). The quantitative estimate of drug-likeness (QED) is 0.795. The highest BCUT2D eigenvalue weighted by Crippen LogP contribution is 2.21. The van der Waals surface area contributed by atoms with Crippen LogP contribution in [0.2, 0.25) is 0 Å². The van der Waals surface area contributed by atoms with Crippen LogP contribution in [0.15, 0.2) is 40.9 Å². The number of nitrogens with zero attached hydrogens (tertiary/aromatic N) is 1. The normalized spacial score (nSPS) is 11.8. The summed E-state index contributed by atoms with van der Waals surface area (Å²) in [6.45, 7) is 6.18. The van der Waals surface area contributed by atoms with Crippen LogP contribution in [-0.2, 0) is 4.79 Å². The first-order chi connectivity index (χ1) is 11.0. The molecular weight excluding hydrogens is 356 g/mol. The lowest BCUT2D eigenvalue weighted by molar-refractivity contribution is -0.118. The molecule has 0 saturated carbocycles. The van der Waals surface area contributed by atoms with Crippen LogP contribution in [-0.4, -0.2) is 17.5 Å². The number of carbonyl (C=O) groups excluding carboxylic acids is 1. The van der Waals surface area contributed by atoms with Gasteiger partial charge in [0.15, 0.2) is 6.61 Å². The first kappa shape index (κ1) is 17.5. The van der Waals surface area contributed by atoms with Crippen molar-refractivity contribution in [3.05, 3.63) is 52.1 Å². The number of carbonyl (C=O) groups is 1. The Kier molecular flexibility index (Phi) is 6.16. The molecule has 0 saturated heterocycles. The van der Waals surface area contributed by atoms with Gasteiger partial charge in [0.25, 0.3) is 5.91 Å².